The Morgan fingerprint density at radius 1 is 1.27 bits per heavy atom. The zero-order chi connectivity index (χ0) is 18.7. The Morgan fingerprint density at radius 3 is 2.65 bits per heavy atom. The number of fused-ring (bicyclic) bond motifs is 1. The van der Waals surface area contributed by atoms with Crippen LogP contribution in [0.3, 0.4) is 0 Å². The van der Waals surface area contributed by atoms with Crippen LogP contribution in [0.15, 0.2) is 23.1 Å². The molecule has 7 heteroatoms. The minimum atomic E-state index is -0.427. The lowest BCUT2D eigenvalue weighted by Crippen LogP contribution is -2.44. The average molecular weight is 360 g/mol. The van der Waals surface area contributed by atoms with E-state index in [-0.39, 0.29) is 10.9 Å². The van der Waals surface area contributed by atoms with Gasteiger partial charge in [0.15, 0.2) is 0 Å². The van der Waals surface area contributed by atoms with E-state index in [1.807, 2.05) is 23.3 Å². The van der Waals surface area contributed by atoms with Gasteiger partial charge in [-0.1, -0.05) is 6.92 Å². The van der Waals surface area contributed by atoms with E-state index in [0.717, 1.165) is 32.6 Å². The Balaban J connectivity index is 2.12. The first-order valence-electron chi connectivity index (χ1n) is 9.17. The molecule has 2 N–H and O–H groups in total. The normalized spacial score (nSPS) is 14.7. The third-order valence-electron chi connectivity index (χ3n) is 4.73. The van der Waals surface area contributed by atoms with Gasteiger partial charge in [-0.3, -0.25) is 9.59 Å². The smallest absolute Gasteiger partial charge is 0.256 e. The molecule has 0 bridgehead atoms. The first kappa shape index (κ1) is 18.4. The van der Waals surface area contributed by atoms with E-state index >= 15 is 0 Å². The van der Waals surface area contributed by atoms with Crippen molar-refractivity contribution in [3.05, 3.63) is 39.9 Å². The SMILES string of the molecule is CCCNC(=O)c1cn(CC)c2cc(N3CCNCC3)c(F)cc2c1=O. The van der Waals surface area contributed by atoms with Gasteiger partial charge in [0.1, 0.15) is 11.4 Å². The zero-order valence-electron chi connectivity index (χ0n) is 15.3. The fraction of sp³-hybridized carbons (Fsp3) is 0.474. The molecule has 0 saturated carbocycles. The second-order valence-corrected chi connectivity index (χ2v) is 6.47. The molecule has 1 aromatic heterocycles. The monoisotopic (exact) mass is 360 g/mol. The van der Waals surface area contributed by atoms with Crippen LogP contribution in [0.5, 0.6) is 0 Å². The lowest BCUT2D eigenvalue weighted by Gasteiger charge is -2.30. The molecular weight excluding hydrogens is 335 g/mol. The molecule has 2 heterocycles. The molecule has 0 aliphatic carbocycles. The Morgan fingerprint density at radius 2 is 2.00 bits per heavy atom. The van der Waals surface area contributed by atoms with Gasteiger partial charge in [-0.15, -0.1) is 0 Å². The number of benzene rings is 1. The fourth-order valence-electron chi connectivity index (χ4n) is 3.30. The van der Waals surface area contributed by atoms with Crippen molar-refractivity contribution in [1.29, 1.82) is 0 Å². The van der Waals surface area contributed by atoms with Crippen LogP contribution in [-0.2, 0) is 6.54 Å². The second kappa shape index (κ2) is 7.86. The molecule has 1 saturated heterocycles. The van der Waals surface area contributed by atoms with Gasteiger partial charge in [-0.25, -0.2) is 4.39 Å². The van der Waals surface area contributed by atoms with Crippen LogP contribution >= 0.6 is 0 Å². The Labute approximate surface area is 152 Å². The zero-order valence-corrected chi connectivity index (χ0v) is 15.3. The van der Waals surface area contributed by atoms with Crippen molar-refractivity contribution < 1.29 is 9.18 Å². The molecule has 1 aromatic carbocycles. The molecule has 1 amide bonds. The molecule has 26 heavy (non-hydrogen) atoms. The number of halogens is 1. The first-order valence-corrected chi connectivity index (χ1v) is 9.17. The fourth-order valence-corrected chi connectivity index (χ4v) is 3.30. The third-order valence-corrected chi connectivity index (χ3v) is 4.73. The third kappa shape index (κ3) is 3.44. The summed E-state index contributed by atoms with van der Waals surface area (Å²) in [5, 5.41) is 6.21. The number of amides is 1. The van der Waals surface area contributed by atoms with E-state index in [9.17, 15) is 14.0 Å². The van der Waals surface area contributed by atoms with Gasteiger partial charge in [0.05, 0.1) is 11.2 Å². The number of rotatable bonds is 5. The Kier molecular flexibility index (Phi) is 5.56. The van der Waals surface area contributed by atoms with Crippen molar-refractivity contribution >= 4 is 22.5 Å². The molecule has 6 nitrogen and oxygen atoms in total. The van der Waals surface area contributed by atoms with Gasteiger partial charge >= 0.3 is 0 Å². The minimum absolute atomic E-state index is 0.0575. The van der Waals surface area contributed by atoms with Gasteiger partial charge in [-0.05, 0) is 25.5 Å². The summed E-state index contributed by atoms with van der Waals surface area (Å²) in [6.45, 7) is 8.00. The van der Waals surface area contributed by atoms with Crippen LogP contribution in [0.4, 0.5) is 10.1 Å². The number of nitrogens with zero attached hydrogens (tertiary/aromatic N) is 2. The highest BCUT2D eigenvalue weighted by atomic mass is 19.1. The first-order chi connectivity index (χ1) is 12.6. The lowest BCUT2D eigenvalue weighted by molar-refractivity contribution is 0.0952. The number of pyridine rings is 1. The van der Waals surface area contributed by atoms with E-state index in [0.29, 0.717) is 24.3 Å². The molecule has 3 rings (SSSR count). The molecule has 0 radical (unpaired) electrons. The minimum Gasteiger partial charge on any atom is -0.367 e. The van der Waals surface area contributed by atoms with Crippen LogP contribution in [0, 0.1) is 5.82 Å². The number of carbonyl (C=O) groups is 1. The summed E-state index contributed by atoms with van der Waals surface area (Å²) >= 11 is 0. The van der Waals surface area contributed by atoms with E-state index in [2.05, 4.69) is 10.6 Å². The van der Waals surface area contributed by atoms with Gasteiger partial charge < -0.3 is 20.1 Å². The van der Waals surface area contributed by atoms with E-state index in [4.69, 9.17) is 0 Å². The van der Waals surface area contributed by atoms with Gasteiger partial charge in [0.2, 0.25) is 5.43 Å². The summed E-state index contributed by atoms with van der Waals surface area (Å²) in [4.78, 5) is 27.1. The number of hydrogen-bond acceptors (Lipinski definition) is 4. The number of anilines is 1. The van der Waals surface area contributed by atoms with Crippen LogP contribution in [0.1, 0.15) is 30.6 Å². The molecule has 1 aliphatic rings. The molecule has 0 atom stereocenters. The number of carbonyl (C=O) groups excluding carboxylic acids is 1. The summed E-state index contributed by atoms with van der Waals surface area (Å²) in [7, 11) is 0. The highest BCUT2D eigenvalue weighted by Gasteiger charge is 2.20. The molecule has 0 spiro atoms. The van der Waals surface area contributed by atoms with Crippen molar-refractivity contribution in [2.75, 3.05) is 37.6 Å². The largest absolute Gasteiger partial charge is 0.367 e. The Bertz CT molecular complexity index is 872. The number of piperazine rings is 1. The van der Waals surface area contributed by atoms with Crippen LogP contribution < -0.4 is 21.0 Å². The average Bonchev–Trinajstić information content (AvgIpc) is 2.67. The number of hydrogen-bond donors (Lipinski definition) is 2. The van der Waals surface area contributed by atoms with Crippen molar-refractivity contribution in [3.8, 4) is 0 Å². The van der Waals surface area contributed by atoms with Gasteiger partial charge in [-0.2, -0.15) is 0 Å². The van der Waals surface area contributed by atoms with E-state index < -0.39 is 17.2 Å². The second-order valence-electron chi connectivity index (χ2n) is 6.47. The van der Waals surface area contributed by atoms with Crippen molar-refractivity contribution in [2.24, 2.45) is 0 Å². The molecule has 140 valence electrons. The topological polar surface area (TPSA) is 66.4 Å². The highest BCUT2D eigenvalue weighted by molar-refractivity contribution is 5.97. The standard InChI is InChI=1S/C19H25FN4O2/c1-3-5-22-19(26)14-12-23(4-2)16-11-17(24-8-6-21-7-9-24)15(20)10-13(16)18(14)25/h10-12,21H,3-9H2,1-2H3,(H,22,26). The van der Waals surface area contributed by atoms with E-state index in [1.165, 1.54) is 6.07 Å². The molecular formula is C19H25FN4O2. The highest BCUT2D eigenvalue weighted by Crippen LogP contribution is 2.25. The van der Waals surface area contributed by atoms with Crippen LogP contribution in [0.2, 0.25) is 0 Å². The predicted octanol–water partition coefficient (Wildman–Crippen LogP) is 1.71. The summed E-state index contributed by atoms with van der Waals surface area (Å²) in [6, 6.07) is 3.01. The van der Waals surface area contributed by atoms with Gasteiger partial charge in [0.25, 0.3) is 5.91 Å². The van der Waals surface area contributed by atoms with Gasteiger partial charge in [0, 0.05) is 50.9 Å². The Hall–Kier alpha value is -2.41. The number of aromatic nitrogens is 1. The summed E-state index contributed by atoms with van der Waals surface area (Å²) in [6.07, 6.45) is 2.36. The quantitative estimate of drug-likeness (QED) is 0.852. The maximum absolute atomic E-state index is 14.7. The maximum Gasteiger partial charge on any atom is 0.256 e. The molecule has 1 fully saturated rings. The van der Waals surface area contributed by atoms with Crippen molar-refractivity contribution in [3.63, 3.8) is 0 Å². The van der Waals surface area contributed by atoms with E-state index in [1.54, 1.807) is 12.3 Å². The van der Waals surface area contributed by atoms with Crippen molar-refractivity contribution in [1.82, 2.24) is 15.2 Å². The summed E-state index contributed by atoms with van der Waals surface area (Å²) < 4.78 is 16.6. The number of nitrogens with one attached hydrogen (secondary N) is 2. The lowest BCUT2D eigenvalue weighted by atomic mass is 10.1. The molecule has 0 unspecified atom stereocenters. The number of aryl methyl sites for hydroxylation is 1. The van der Waals surface area contributed by atoms with Crippen LogP contribution in [-0.4, -0.2) is 43.2 Å². The maximum atomic E-state index is 14.7. The predicted molar refractivity (Wildman–Crippen MR) is 102 cm³/mol. The molecule has 2 aromatic rings. The summed E-state index contributed by atoms with van der Waals surface area (Å²) in [5.41, 5.74) is 0.787. The van der Waals surface area contributed by atoms with Crippen LogP contribution in [0.25, 0.3) is 10.9 Å². The molecule has 1 aliphatic heterocycles. The summed E-state index contributed by atoms with van der Waals surface area (Å²) in [5.74, 6) is -0.835. The van der Waals surface area contributed by atoms with Crippen molar-refractivity contribution in [2.45, 2.75) is 26.8 Å².